The Morgan fingerprint density at radius 1 is 1.06 bits per heavy atom. The number of sulfonamides is 1. The van der Waals surface area contributed by atoms with Crippen LogP contribution in [0.5, 0.6) is 0 Å². The summed E-state index contributed by atoms with van der Waals surface area (Å²) in [4.78, 5) is 23.6. The van der Waals surface area contributed by atoms with Gasteiger partial charge in [-0.15, -0.1) is 5.10 Å². The van der Waals surface area contributed by atoms with Crippen LogP contribution in [0.1, 0.15) is 34.5 Å². The zero-order valence-corrected chi connectivity index (χ0v) is 17.9. The molecular formula is C21H22N4O5S. The predicted molar refractivity (Wildman–Crippen MR) is 112 cm³/mol. The number of carbonyl (C=O) groups is 2. The molecule has 0 radical (unpaired) electrons. The Kier molecular flexibility index (Phi) is 6.81. The summed E-state index contributed by atoms with van der Waals surface area (Å²) in [6.07, 6.45) is 2.62. The predicted octanol–water partition coefficient (Wildman–Crippen LogP) is 2.19. The van der Waals surface area contributed by atoms with Crippen molar-refractivity contribution in [3.8, 4) is 5.69 Å². The van der Waals surface area contributed by atoms with Crippen LogP contribution < -0.4 is 4.72 Å². The van der Waals surface area contributed by atoms with E-state index in [1.54, 1.807) is 47.3 Å². The smallest absolute Gasteiger partial charge is 0.337 e. The van der Waals surface area contributed by atoms with E-state index < -0.39 is 21.9 Å². The van der Waals surface area contributed by atoms with E-state index in [9.17, 15) is 18.0 Å². The average Bonchev–Trinajstić information content (AvgIpc) is 3.22. The molecular weight excluding hydrogens is 420 g/mol. The molecule has 1 N–H and O–H groups in total. The maximum absolute atomic E-state index is 12.2. The van der Waals surface area contributed by atoms with Gasteiger partial charge in [-0.25, -0.2) is 22.6 Å². The normalized spacial score (nSPS) is 11.2. The van der Waals surface area contributed by atoms with Gasteiger partial charge in [0.15, 0.2) is 0 Å². The minimum absolute atomic E-state index is 0.0335. The first kappa shape index (κ1) is 22.2. The van der Waals surface area contributed by atoms with Crippen LogP contribution in [0, 0.1) is 6.92 Å². The molecule has 10 heteroatoms. The van der Waals surface area contributed by atoms with Gasteiger partial charge >= 0.3 is 5.97 Å². The van der Waals surface area contributed by atoms with Crippen molar-refractivity contribution < 1.29 is 22.7 Å². The van der Waals surface area contributed by atoms with Crippen LogP contribution in [0.15, 0.2) is 59.6 Å². The summed E-state index contributed by atoms with van der Waals surface area (Å²) >= 11 is 0. The highest BCUT2D eigenvalue weighted by atomic mass is 32.2. The largest absolute Gasteiger partial charge is 0.465 e. The van der Waals surface area contributed by atoms with Crippen LogP contribution in [-0.4, -0.2) is 42.4 Å². The van der Waals surface area contributed by atoms with Crippen molar-refractivity contribution in [3.63, 3.8) is 0 Å². The first-order valence-electron chi connectivity index (χ1n) is 9.51. The van der Waals surface area contributed by atoms with Crippen molar-refractivity contribution in [2.45, 2.75) is 31.1 Å². The SMILES string of the molecule is COC(=O)c1ccc(-n2cc(CCCC(=O)NS(=O)(=O)c3ccc(C)cc3)nn2)cc1. The topological polar surface area (TPSA) is 120 Å². The molecule has 3 rings (SSSR count). The number of amides is 1. The van der Waals surface area contributed by atoms with Crippen LogP contribution >= 0.6 is 0 Å². The quantitative estimate of drug-likeness (QED) is 0.531. The Hall–Kier alpha value is -3.53. The molecule has 0 atom stereocenters. The van der Waals surface area contributed by atoms with Gasteiger partial charge in [0.1, 0.15) is 0 Å². The fourth-order valence-corrected chi connectivity index (χ4v) is 3.83. The second-order valence-electron chi connectivity index (χ2n) is 6.89. The van der Waals surface area contributed by atoms with Crippen molar-refractivity contribution in [1.29, 1.82) is 0 Å². The van der Waals surface area contributed by atoms with Gasteiger partial charge in [-0.05, 0) is 56.2 Å². The Labute approximate surface area is 180 Å². The number of benzene rings is 2. The van der Waals surface area contributed by atoms with Crippen LogP contribution in [0.4, 0.5) is 0 Å². The molecule has 0 aliphatic heterocycles. The molecule has 1 heterocycles. The standard InChI is InChI=1S/C21H22N4O5S/c1-15-6-12-19(13-7-15)31(28,29)23-20(26)5-3-4-17-14-25(24-22-17)18-10-8-16(9-11-18)21(27)30-2/h6-14H,3-5H2,1-2H3,(H,23,26). The van der Waals surface area contributed by atoms with E-state index >= 15 is 0 Å². The number of nitrogens with zero attached hydrogens (tertiary/aromatic N) is 3. The van der Waals surface area contributed by atoms with E-state index in [-0.39, 0.29) is 11.3 Å². The third-order valence-corrected chi connectivity index (χ3v) is 5.90. The molecule has 0 saturated heterocycles. The Bertz CT molecular complexity index is 1170. The fraction of sp³-hybridized carbons (Fsp3) is 0.238. The summed E-state index contributed by atoms with van der Waals surface area (Å²) in [6, 6.07) is 12.9. The molecule has 2 aromatic carbocycles. The van der Waals surface area contributed by atoms with Gasteiger partial charge in [0, 0.05) is 6.42 Å². The minimum atomic E-state index is -3.88. The summed E-state index contributed by atoms with van der Waals surface area (Å²) in [7, 11) is -2.56. The highest BCUT2D eigenvalue weighted by molar-refractivity contribution is 7.90. The summed E-state index contributed by atoms with van der Waals surface area (Å²) in [5, 5.41) is 8.10. The van der Waals surface area contributed by atoms with E-state index in [1.807, 2.05) is 6.92 Å². The lowest BCUT2D eigenvalue weighted by atomic mass is 10.2. The van der Waals surface area contributed by atoms with Crippen molar-refractivity contribution >= 4 is 21.9 Å². The molecule has 1 aromatic heterocycles. The van der Waals surface area contributed by atoms with Crippen molar-refractivity contribution in [2.75, 3.05) is 7.11 Å². The lowest BCUT2D eigenvalue weighted by Crippen LogP contribution is -2.30. The number of hydrogen-bond acceptors (Lipinski definition) is 7. The molecule has 0 aliphatic carbocycles. The molecule has 0 spiro atoms. The van der Waals surface area contributed by atoms with Gasteiger partial charge in [0.2, 0.25) is 5.91 Å². The fourth-order valence-electron chi connectivity index (χ4n) is 2.81. The van der Waals surface area contributed by atoms with Crippen LogP contribution in [0.25, 0.3) is 5.69 Å². The highest BCUT2D eigenvalue weighted by Gasteiger charge is 2.17. The van der Waals surface area contributed by atoms with Crippen LogP contribution in [0.2, 0.25) is 0 Å². The number of hydrogen-bond donors (Lipinski definition) is 1. The number of aromatic nitrogens is 3. The summed E-state index contributed by atoms with van der Waals surface area (Å²) < 4.78 is 32.8. The molecule has 1 amide bonds. The van der Waals surface area contributed by atoms with Gasteiger partial charge < -0.3 is 4.74 Å². The van der Waals surface area contributed by atoms with Crippen LogP contribution in [0.3, 0.4) is 0 Å². The van der Waals surface area contributed by atoms with Crippen molar-refractivity contribution in [2.24, 2.45) is 0 Å². The van der Waals surface area contributed by atoms with Gasteiger partial charge in [-0.1, -0.05) is 22.9 Å². The lowest BCUT2D eigenvalue weighted by molar-refractivity contribution is -0.119. The highest BCUT2D eigenvalue weighted by Crippen LogP contribution is 2.12. The first-order chi connectivity index (χ1) is 14.8. The van der Waals surface area contributed by atoms with Gasteiger partial charge in [-0.2, -0.15) is 0 Å². The summed E-state index contributed by atoms with van der Waals surface area (Å²) in [5.41, 5.74) is 2.73. The van der Waals surface area contributed by atoms with E-state index in [4.69, 9.17) is 0 Å². The number of carbonyl (C=O) groups excluding carboxylic acids is 2. The number of ether oxygens (including phenoxy) is 1. The Morgan fingerprint density at radius 3 is 2.39 bits per heavy atom. The number of nitrogens with one attached hydrogen (secondary N) is 1. The summed E-state index contributed by atoms with van der Waals surface area (Å²) in [6.45, 7) is 1.85. The Balaban J connectivity index is 1.52. The number of methoxy groups -OCH3 is 1. The second-order valence-corrected chi connectivity index (χ2v) is 8.57. The minimum Gasteiger partial charge on any atom is -0.465 e. The van der Waals surface area contributed by atoms with E-state index in [0.29, 0.717) is 29.8 Å². The molecule has 162 valence electrons. The summed E-state index contributed by atoms with van der Waals surface area (Å²) in [5.74, 6) is -1.00. The van der Waals surface area contributed by atoms with Crippen molar-refractivity contribution in [1.82, 2.24) is 19.7 Å². The zero-order chi connectivity index (χ0) is 22.4. The van der Waals surface area contributed by atoms with Gasteiger partial charge in [0.05, 0.1) is 35.1 Å². The van der Waals surface area contributed by atoms with E-state index in [2.05, 4.69) is 19.8 Å². The van der Waals surface area contributed by atoms with Gasteiger partial charge in [0.25, 0.3) is 10.0 Å². The first-order valence-corrected chi connectivity index (χ1v) is 11.0. The number of esters is 1. The number of aryl methyl sites for hydroxylation is 2. The molecule has 0 fully saturated rings. The van der Waals surface area contributed by atoms with Gasteiger partial charge in [-0.3, -0.25) is 4.79 Å². The maximum atomic E-state index is 12.2. The second kappa shape index (κ2) is 9.52. The van der Waals surface area contributed by atoms with Crippen molar-refractivity contribution in [3.05, 3.63) is 71.5 Å². The third-order valence-electron chi connectivity index (χ3n) is 4.51. The number of rotatable bonds is 8. The molecule has 0 aliphatic rings. The molecule has 0 unspecified atom stereocenters. The third kappa shape index (κ3) is 5.76. The Morgan fingerprint density at radius 2 is 1.74 bits per heavy atom. The molecule has 0 saturated carbocycles. The molecule has 3 aromatic rings. The monoisotopic (exact) mass is 442 g/mol. The van der Waals surface area contributed by atoms with Crippen LogP contribution in [-0.2, 0) is 26.0 Å². The average molecular weight is 442 g/mol. The molecule has 0 bridgehead atoms. The van der Waals surface area contributed by atoms with E-state index in [1.165, 1.54) is 19.2 Å². The maximum Gasteiger partial charge on any atom is 0.337 e. The molecule has 31 heavy (non-hydrogen) atoms. The van der Waals surface area contributed by atoms with E-state index in [0.717, 1.165) is 5.56 Å². The molecule has 9 nitrogen and oxygen atoms in total. The zero-order valence-electron chi connectivity index (χ0n) is 17.1. The lowest BCUT2D eigenvalue weighted by Gasteiger charge is -2.07.